The summed E-state index contributed by atoms with van der Waals surface area (Å²) >= 11 is 20.5. The Bertz CT molecular complexity index is 598. The zero-order chi connectivity index (χ0) is 13.4. The summed E-state index contributed by atoms with van der Waals surface area (Å²) in [6.07, 6.45) is 0. The Morgan fingerprint density at radius 2 is 1.78 bits per heavy atom. The lowest BCUT2D eigenvalue weighted by molar-refractivity contribution is 0.869. The second-order valence-corrected chi connectivity index (χ2v) is 7.87. The van der Waals surface area contributed by atoms with Crippen molar-refractivity contribution in [1.29, 1.82) is 0 Å². The Morgan fingerprint density at radius 1 is 1.11 bits per heavy atom. The monoisotopic (exact) mass is 427 g/mol. The van der Waals surface area contributed by atoms with Gasteiger partial charge in [-0.15, -0.1) is 11.3 Å². The summed E-state index contributed by atoms with van der Waals surface area (Å²) in [5.41, 5.74) is 9.23. The van der Waals surface area contributed by atoms with Crippen molar-refractivity contribution >= 4 is 66.4 Å². The SMILES string of the molecule is Cc1cc(Br)c(C(N)c2cc(Cl)sc2Cl)cc1Br. The molecule has 1 unspecified atom stereocenters. The average Bonchev–Trinajstić information content (AvgIpc) is 2.62. The summed E-state index contributed by atoms with van der Waals surface area (Å²) in [5, 5.41) is 0. The van der Waals surface area contributed by atoms with E-state index in [0.717, 1.165) is 25.6 Å². The second kappa shape index (κ2) is 5.81. The maximum atomic E-state index is 6.26. The molecule has 1 atom stereocenters. The zero-order valence-corrected chi connectivity index (χ0v) is 14.8. The van der Waals surface area contributed by atoms with Gasteiger partial charge in [0.05, 0.1) is 14.7 Å². The molecule has 2 rings (SSSR count). The fraction of sp³-hybridized carbons (Fsp3) is 0.167. The molecule has 2 aromatic rings. The lowest BCUT2D eigenvalue weighted by Gasteiger charge is -2.15. The molecule has 6 heteroatoms. The summed E-state index contributed by atoms with van der Waals surface area (Å²) in [4.78, 5) is 0. The van der Waals surface area contributed by atoms with Gasteiger partial charge in [0.1, 0.15) is 0 Å². The van der Waals surface area contributed by atoms with Gasteiger partial charge in [0.2, 0.25) is 0 Å². The van der Waals surface area contributed by atoms with Crippen molar-refractivity contribution in [3.8, 4) is 0 Å². The summed E-state index contributed by atoms with van der Waals surface area (Å²) in [6.45, 7) is 2.03. The van der Waals surface area contributed by atoms with Crippen molar-refractivity contribution in [3.05, 3.63) is 52.5 Å². The molecule has 1 heterocycles. The zero-order valence-electron chi connectivity index (χ0n) is 9.31. The van der Waals surface area contributed by atoms with E-state index in [1.54, 1.807) is 0 Å². The Kier molecular flexibility index (Phi) is 4.79. The van der Waals surface area contributed by atoms with E-state index in [-0.39, 0.29) is 6.04 Å². The molecule has 0 saturated heterocycles. The third-order valence-electron chi connectivity index (χ3n) is 2.63. The van der Waals surface area contributed by atoms with Gasteiger partial charge in [-0.1, -0.05) is 55.1 Å². The van der Waals surface area contributed by atoms with Crippen molar-refractivity contribution in [2.45, 2.75) is 13.0 Å². The fourth-order valence-electron chi connectivity index (χ4n) is 1.63. The maximum absolute atomic E-state index is 6.26. The predicted molar refractivity (Wildman–Crippen MR) is 86.9 cm³/mol. The van der Waals surface area contributed by atoms with E-state index in [1.807, 2.05) is 25.1 Å². The Hall–Kier alpha value is 0.420. The van der Waals surface area contributed by atoms with Crippen LogP contribution >= 0.6 is 66.4 Å². The molecule has 0 aliphatic carbocycles. The van der Waals surface area contributed by atoms with Gasteiger partial charge in [-0.05, 0) is 36.2 Å². The Labute approximate surface area is 137 Å². The molecule has 0 aliphatic rings. The van der Waals surface area contributed by atoms with Gasteiger partial charge >= 0.3 is 0 Å². The van der Waals surface area contributed by atoms with Crippen LogP contribution in [0.3, 0.4) is 0 Å². The van der Waals surface area contributed by atoms with E-state index in [1.165, 1.54) is 11.3 Å². The Morgan fingerprint density at radius 3 is 2.33 bits per heavy atom. The van der Waals surface area contributed by atoms with Crippen molar-refractivity contribution in [1.82, 2.24) is 0 Å². The molecule has 0 fully saturated rings. The van der Waals surface area contributed by atoms with Crippen LogP contribution in [0.1, 0.15) is 22.7 Å². The molecule has 0 radical (unpaired) electrons. The first-order valence-corrected chi connectivity index (χ1v) is 8.22. The molecule has 0 spiro atoms. The van der Waals surface area contributed by atoms with Crippen LogP contribution in [-0.2, 0) is 0 Å². The largest absolute Gasteiger partial charge is 0.320 e. The first-order valence-electron chi connectivity index (χ1n) is 5.06. The van der Waals surface area contributed by atoms with Crippen LogP contribution in [0.2, 0.25) is 8.67 Å². The van der Waals surface area contributed by atoms with E-state index in [2.05, 4.69) is 31.9 Å². The first kappa shape index (κ1) is 14.8. The second-order valence-electron chi connectivity index (χ2n) is 3.88. The average molecular weight is 430 g/mol. The van der Waals surface area contributed by atoms with Gasteiger partial charge in [-0.2, -0.15) is 0 Å². The quantitative estimate of drug-likeness (QED) is 0.628. The van der Waals surface area contributed by atoms with Crippen LogP contribution in [0.15, 0.2) is 27.1 Å². The molecule has 0 bridgehead atoms. The number of nitrogens with two attached hydrogens (primary N) is 1. The topological polar surface area (TPSA) is 26.0 Å². The van der Waals surface area contributed by atoms with Crippen molar-refractivity contribution < 1.29 is 0 Å². The normalized spacial score (nSPS) is 12.8. The van der Waals surface area contributed by atoms with Crippen LogP contribution in [0.25, 0.3) is 0 Å². The molecule has 1 nitrogen and oxygen atoms in total. The maximum Gasteiger partial charge on any atom is 0.0995 e. The highest BCUT2D eigenvalue weighted by Gasteiger charge is 2.18. The van der Waals surface area contributed by atoms with Crippen LogP contribution in [0.4, 0.5) is 0 Å². The number of halogens is 4. The summed E-state index contributed by atoms with van der Waals surface area (Å²) in [5.74, 6) is 0. The van der Waals surface area contributed by atoms with E-state index in [4.69, 9.17) is 28.9 Å². The number of hydrogen-bond acceptors (Lipinski definition) is 2. The highest BCUT2D eigenvalue weighted by molar-refractivity contribution is 9.11. The summed E-state index contributed by atoms with van der Waals surface area (Å²) in [6, 6.07) is 5.56. The van der Waals surface area contributed by atoms with Crippen molar-refractivity contribution in [3.63, 3.8) is 0 Å². The molecule has 2 N–H and O–H groups in total. The molecular weight excluding hydrogens is 421 g/mol. The molecular formula is C12H9Br2Cl2NS. The van der Waals surface area contributed by atoms with E-state index < -0.39 is 0 Å². The third-order valence-corrected chi connectivity index (χ3v) is 5.69. The fourth-order valence-corrected chi connectivity index (χ4v) is 4.25. The van der Waals surface area contributed by atoms with Gasteiger partial charge in [0.25, 0.3) is 0 Å². The molecule has 18 heavy (non-hydrogen) atoms. The molecule has 1 aromatic carbocycles. The number of thiophene rings is 1. The molecule has 96 valence electrons. The minimum Gasteiger partial charge on any atom is -0.320 e. The van der Waals surface area contributed by atoms with Crippen LogP contribution in [0, 0.1) is 6.92 Å². The van der Waals surface area contributed by atoms with Crippen LogP contribution < -0.4 is 5.73 Å². The van der Waals surface area contributed by atoms with Gasteiger partial charge in [-0.3, -0.25) is 0 Å². The highest BCUT2D eigenvalue weighted by atomic mass is 79.9. The molecule has 0 amide bonds. The van der Waals surface area contributed by atoms with Gasteiger partial charge in [-0.25, -0.2) is 0 Å². The predicted octanol–water partition coefficient (Wildman–Crippen LogP) is 5.94. The highest BCUT2D eigenvalue weighted by Crippen LogP contribution is 2.39. The molecule has 1 aromatic heterocycles. The van der Waals surface area contributed by atoms with E-state index in [9.17, 15) is 0 Å². The van der Waals surface area contributed by atoms with Crippen molar-refractivity contribution in [2.75, 3.05) is 0 Å². The summed E-state index contributed by atoms with van der Waals surface area (Å²) in [7, 11) is 0. The third kappa shape index (κ3) is 2.94. The lowest BCUT2D eigenvalue weighted by Crippen LogP contribution is -2.12. The van der Waals surface area contributed by atoms with Gasteiger partial charge in [0.15, 0.2) is 0 Å². The smallest absolute Gasteiger partial charge is 0.0995 e. The minimum absolute atomic E-state index is 0.299. The summed E-state index contributed by atoms with van der Waals surface area (Å²) < 4.78 is 3.27. The van der Waals surface area contributed by atoms with Gasteiger partial charge < -0.3 is 5.73 Å². The van der Waals surface area contributed by atoms with E-state index >= 15 is 0 Å². The first-order chi connectivity index (χ1) is 8.40. The standard InChI is InChI=1S/C12H9Br2Cl2NS/c1-5-2-9(14)6(3-8(5)13)11(17)7-4-10(15)18-12(7)16/h2-4,11H,17H2,1H3. The number of hydrogen-bond donors (Lipinski definition) is 1. The van der Waals surface area contributed by atoms with Crippen LogP contribution in [-0.4, -0.2) is 0 Å². The number of aryl methyl sites for hydroxylation is 1. The lowest BCUT2D eigenvalue weighted by atomic mass is 10.0. The number of benzene rings is 1. The van der Waals surface area contributed by atoms with E-state index in [0.29, 0.717) is 8.67 Å². The molecule has 0 saturated carbocycles. The Balaban J connectivity index is 2.49. The van der Waals surface area contributed by atoms with Crippen LogP contribution in [0.5, 0.6) is 0 Å². The number of rotatable bonds is 2. The van der Waals surface area contributed by atoms with Gasteiger partial charge in [0, 0.05) is 14.5 Å². The minimum atomic E-state index is -0.299. The van der Waals surface area contributed by atoms with Crippen molar-refractivity contribution in [2.24, 2.45) is 5.73 Å². The molecule has 0 aliphatic heterocycles.